The van der Waals surface area contributed by atoms with Crippen LogP contribution in [0.4, 0.5) is 5.69 Å². The van der Waals surface area contributed by atoms with E-state index in [2.05, 4.69) is 45.1 Å². The van der Waals surface area contributed by atoms with Crippen LogP contribution in [-0.2, 0) is 4.79 Å². The summed E-state index contributed by atoms with van der Waals surface area (Å²) in [5, 5.41) is 3.37. The van der Waals surface area contributed by atoms with Gasteiger partial charge in [0.1, 0.15) is 0 Å². The van der Waals surface area contributed by atoms with Crippen molar-refractivity contribution in [2.24, 2.45) is 0 Å². The Kier molecular flexibility index (Phi) is 4.25. The Morgan fingerprint density at radius 1 is 1.32 bits per heavy atom. The molecule has 19 heavy (non-hydrogen) atoms. The van der Waals surface area contributed by atoms with E-state index in [9.17, 15) is 4.79 Å². The number of aryl methyl sites for hydroxylation is 1. The molecule has 2 rings (SSSR count). The number of benzene rings is 1. The van der Waals surface area contributed by atoms with Crippen molar-refractivity contribution in [2.75, 3.05) is 11.4 Å². The van der Waals surface area contributed by atoms with Gasteiger partial charge in [-0.1, -0.05) is 26.0 Å². The maximum atomic E-state index is 12.6. The van der Waals surface area contributed by atoms with Gasteiger partial charge in [-0.25, -0.2) is 0 Å². The zero-order chi connectivity index (χ0) is 14.0. The van der Waals surface area contributed by atoms with E-state index >= 15 is 0 Å². The lowest BCUT2D eigenvalue weighted by Gasteiger charge is -2.34. The Bertz CT molecular complexity index is 468. The molecule has 0 bridgehead atoms. The molecule has 1 N–H and O–H groups in total. The van der Waals surface area contributed by atoms with Gasteiger partial charge in [0, 0.05) is 18.3 Å². The van der Waals surface area contributed by atoms with Gasteiger partial charge in [-0.3, -0.25) is 4.79 Å². The van der Waals surface area contributed by atoms with Crippen molar-refractivity contribution >= 4 is 11.6 Å². The van der Waals surface area contributed by atoms with Gasteiger partial charge in [0.05, 0.1) is 6.04 Å². The molecule has 1 aliphatic heterocycles. The van der Waals surface area contributed by atoms with E-state index < -0.39 is 0 Å². The number of amides is 1. The molecular weight excluding hydrogens is 236 g/mol. The monoisotopic (exact) mass is 260 g/mol. The first kappa shape index (κ1) is 14.1. The van der Waals surface area contributed by atoms with Gasteiger partial charge in [-0.05, 0) is 43.9 Å². The molecular formula is C16H24N2O. The molecule has 1 aliphatic rings. The fourth-order valence-electron chi connectivity index (χ4n) is 2.70. The smallest absolute Gasteiger partial charge is 0.244 e. The summed E-state index contributed by atoms with van der Waals surface area (Å²) in [7, 11) is 0. The molecule has 1 heterocycles. The van der Waals surface area contributed by atoms with Crippen LogP contribution in [0, 0.1) is 13.8 Å². The van der Waals surface area contributed by atoms with Crippen molar-refractivity contribution in [2.45, 2.75) is 52.6 Å². The third-order valence-electron chi connectivity index (χ3n) is 3.84. The van der Waals surface area contributed by atoms with Gasteiger partial charge in [0.15, 0.2) is 0 Å². The van der Waals surface area contributed by atoms with Crippen LogP contribution in [0.15, 0.2) is 18.2 Å². The zero-order valence-electron chi connectivity index (χ0n) is 12.4. The van der Waals surface area contributed by atoms with Crippen LogP contribution < -0.4 is 10.2 Å². The lowest BCUT2D eigenvalue weighted by Crippen LogP contribution is -2.52. The molecule has 1 aromatic rings. The normalized spacial score (nSPS) is 20.2. The van der Waals surface area contributed by atoms with E-state index in [1.54, 1.807) is 0 Å². The molecule has 1 atom stereocenters. The van der Waals surface area contributed by atoms with Gasteiger partial charge >= 0.3 is 0 Å². The molecule has 1 amide bonds. The lowest BCUT2D eigenvalue weighted by atomic mass is 10.0. The lowest BCUT2D eigenvalue weighted by molar-refractivity contribution is -0.121. The van der Waals surface area contributed by atoms with E-state index in [4.69, 9.17) is 0 Å². The van der Waals surface area contributed by atoms with Crippen molar-refractivity contribution in [3.8, 4) is 0 Å². The van der Waals surface area contributed by atoms with Crippen LogP contribution in [0.3, 0.4) is 0 Å². The summed E-state index contributed by atoms with van der Waals surface area (Å²) >= 11 is 0. The Morgan fingerprint density at radius 2 is 2.05 bits per heavy atom. The molecule has 0 saturated carbocycles. The summed E-state index contributed by atoms with van der Waals surface area (Å²) in [5.41, 5.74) is 3.52. The third kappa shape index (κ3) is 2.98. The second-order valence-corrected chi connectivity index (χ2v) is 5.73. The first-order valence-electron chi connectivity index (χ1n) is 7.14. The van der Waals surface area contributed by atoms with E-state index in [0.717, 1.165) is 25.1 Å². The average Bonchev–Trinajstić information content (AvgIpc) is 2.35. The summed E-state index contributed by atoms with van der Waals surface area (Å²) < 4.78 is 0. The predicted octanol–water partition coefficient (Wildman–Crippen LogP) is 2.80. The van der Waals surface area contributed by atoms with Crippen LogP contribution in [0.2, 0.25) is 0 Å². The summed E-state index contributed by atoms with van der Waals surface area (Å²) in [6.07, 6.45) is 2.00. The number of anilines is 1. The van der Waals surface area contributed by atoms with Crippen molar-refractivity contribution in [1.29, 1.82) is 0 Å². The Labute approximate surface area is 116 Å². The molecule has 104 valence electrons. The number of hydrogen-bond donors (Lipinski definition) is 1. The molecule has 0 aliphatic carbocycles. The topological polar surface area (TPSA) is 32.3 Å². The highest BCUT2D eigenvalue weighted by Crippen LogP contribution is 2.26. The molecule has 0 aromatic heterocycles. The number of rotatable bonds is 3. The van der Waals surface area contributed by atoms with Crippen molar-refractivity contribution < 1.29 is 4.79 Å². The second kappa shape index (κ2) is 5.74. The van der Waals surface area contributed by atoms with Crippen LogP contribution in [0.1, 0.15) is 37.8 Å². The van der Waals surface area contributed by atoms with Gasteiger partial charge in [-0.15, -0.1) is 0 Å². The first-order chi connectivity index (χ1) is 9.00. The number of nitrogens with zero attached hydrogens (tertiary/aromatic N) is 1. The van der Waals surface area contributed by atoms with Gasteiger partial charge < -0.3 is 10.2 Å². The van der Waals surface area contributed by atoms with Crippen LogP contribution in [0.5, 0.6) is 0 Å². The number of hydrogen-bond acceptors (Lipinski definition) is 2. The third-order valence-corrected chi connectivity index (χ3v) is 3.84. The van der Waals surface area contributed by atoms with Crippen LogP contribution in [0.25, 0.3) is 0 Å². The minimum Gasteiger partial charge on any atom is -0.311 e. The predicted molar refractivity (Wildman–Crippen MR) is 79.6 cm³/mol. The molecule has 1 unspecified atom stereocenters. The van der Waals surface area contributed by atoms with Crippen LogP contribution >= 0.6 is 0 Å². The minimum absolute atomic E-state index is 0.0336. The first-order valence-corrected chi connectivity index (χ1v) is 7.14. The Hall–Kier alpha value is -1.35. The standard InChI is InChI=1S/C16H24N2O/c1-11(2)17-14-8-6-10-18(16(14)19)15-9-5-7-12(3)13(15)4/h5,7,9,11,14,17H,6,8,10H2,1-4H3. The number of piperidine rings is 1. The highest BCUT2D eigenvalue weighted by Gasteiger charge is 2.30. The molecule has 1 aromatic carbocycles. The molecule has 1 saturated heterocycles. The average molecular weight is 260 g/mol. The van der Waals surface area contributed by atoms with E-state index in [-0.39, 0.29) is 11.9 Å². The highest BCUT2D eigenvalue weighted by molar-refractivity contribution is 5.98. The summed E-state index contributed by atoms with van der Waals surface area (Å²) in [6, 6.07) is 6.49. The zero-order valence-corrected chi connectivity index (χ0v) is 12.4. The Morgan fingerprint density at radius 3 is 2.74 bits per heavy atom. The number of carbonyl (C=O) groups excluding carboxylic acids is 1. The minimum atomic E-state index is -0.0336. The maximum absolute atomic E-state index is 12.6. The summed E-state index contributed by atoms with van der Waals surface area (Å²) in [5.74, 6) is 0.216. The highest BCUT2D eigenvalue weighted by atomic mass is 16.2. The molecule has 1 fully saturated rings. The van der Waals surface area contributed by atoms with Crippen molar-refractivity contribution in [3.63, 3.8) is 0 Å². The fraction of sp³-hybridized carbons (Fsp3) is 0.562. The molecule has 3 heteroatoms. The molecule has 0 spiro atoms. The number of carbonyl (C=O) groups is 1. The van der Waals surface area contributed by atoms with E-state index in [1.165, 1.54) is 11.1 Å². The SMILES string of the molecule is Cc1cccc(N2CCCC(NC(C)C)C2=O)c1C. The Balaban J connectivity index is 2.24. The van der Waals surface area contributed by atoms with Crippen molar-refractivity contribution in [3.05, 3.63) is 29.3 Å². The largest absolute Gasteiger partial charge is 0.311 e. The summed E-state index contributed by atoms with van der Waals surface area (Å²) in [6.45, 7) is 9.20. The summed E-state index contributed by atoms with van der Waals surface area (Å²) in [4.78, 5) is 14.5. The fourth-order valence-corrected chi connectivity index (χ4v) is 2.70. The second-order valence-electron chi connectivity index (χ2n) is 5.73. The van der Waals surface area contributed by atoms with Gasteiger partial charge in [0.25, 0.3) is 0 Å². The number of nitrogens with one attached hydrogen (secondary N) is 1. The van der Waals surface area contributed by atoms with Crippen LogP contribution in [-0.4, -0.2) is 24.5 Å². The molecule has 0 radical (unpaired) electrons. The van der Waals surface area contributed by atoms with Gasteiger partial charge in [0.2, 0.25) is 5.91 Å². The van der Waals surface area contributed by atoms with Crippen molar-refractivity contribution in [1.82, 2.24) is 5.32 Å². The van der Waals surface area contributed by atoms with E-state index in [0.29, 0.717) is 6.04 Å². The maximum Gasteiger partial charge on any atom is 0.244 e. The molecule has 3 nitrogen and oxygen atoms in total. The van der Waals surface area contributed by atoms with E-state index in [1.807, 2.05) is 11.0 Å². The quantitative estimate of drug-likeness (QED) is 0.906. The van der Waals surface area contributed by atoms with Gasteiger partial charge in [-0.2, -0.15) is 0 Å².